The summed E-state index contributed by atoms with van der Waals surface area (Å²) in [5.74, 6) is 0.514. The highest BCUT2D eigenvalue weighted by atomic mass is 35.5. The van der Waals surface area contributed by atoms with Gasteiger partial charge in [-0.15, -0.1) is 10.2 Å². The smallest absolute Gasteiger partial charge is 0.279 e. The monoisotopic (exact) mass is 445 g/mol. The maximum Gasteiger partial charge on any atom is 0.279 e. The van der Waals surface area contributed by atoms with Crippen LogP contribution in [0.15, 0.2) is 52.9 Å². The highest BCUT2D eigenvalue weighted by Crippen LogP contribution is 2.26. The molecule has 0 aliphatic rings. The average molecular weight is 446 g/mol. The summed E-state index contributed by atoms with van der Waals surface area (Å²) in [6.45, 7) is 0. The first-order chi connectivity index (χ1) is 15.0. The number of benzene rings is 2. The molecule has 1 heterocycles. The summed E-state index contributed by atoms with van der Waals surface area (Å²) in [4.78, 5) is 17.3. The van der Waals surface area contributed by atoms with Crippen LogP contribution in [0.3, 0.4) is 0 Å². The van der Waals surface area contributed by atoms with Crippen LogP contribution in [0.4, 0.5) is 0 Å². The van der Waals surface area contributed by atoms with Crippen molar-refractivity contribution in [2.45, 2.75) is 18.6 Å². The molecule has 0 fully saturated rings. The van der Waals surface area contributed by atoms with E-state index in [1.807, 2.05) is 24.3 Å². The Hall–Kier alpha value is -2.78. The molecule has 0 N–H and O–H groups in total. The van der Waals surface area contributed by atoms with Gasteiger partial charge in [0.2, 0.25) is 11.8 Å². The number of amides is 1. The van der Waals surface area contributed by atoms with E-state index in [9.17, 15) is 4.79 Å². The summed E-state index contributed by atoms with van der Waals surface area (Å²) < 4.78 is 16.7. The zero-order valence-electron chi connectivity index (χ0n) is 17.7. The molecule has 2 aromatic carbocycles. The molecule has 164 valence electrons. The zero-order valence-corrected chi connectivity index (χ0v) is 18.5. The number of methoxy groups -OCH3 is 2. The van der Waals surface area contributed by atoms with Crippen LogP contribution in [0.25, 0.3) is 11.5 Å². The third kappa shape index (κ3) is 5.48. The van der Waals surface area contributed by atoms with E-state index in [2.05, 4.69) is 10.2 Å². The van der Waals surface area contributed by atoms with Crippen molar-refractivity contribution >= 4 is 17.5 Å². The number of ether oxygens (including phenoxy) is 2. The second-order valence-electron chi connectivity index (χ2n) is 6.74. The molecule has 2 atom stereocenters. The third-order valence-corrected chi connectivity index (χ3v) is 5.11. The van der Waals surface area contributed by atoms with Crippen LogP contribution in [-0.4, -0.2) is 49.5 Å². The molecule has 0 spiro atoms. The largest absolute Gasteiger partial charge is 0.421 e. The van der Waals surface area contributed by atoms with Crippen LogP contribution >= 0.6 is 11.6 Å². The summed E-state index contributed by atoms with van der Waals surface area (Å²) in [5, 5.41) is 10.1. The van der Waals surface area contributed by atoms with Crippen LogP contribution in [0, 0.1) is 0 Å². The molecule has 31 heavy (non-hydrogen) atoms. The van der Waals surface area contributed by atoms with E-state index in [0.717, 1.165) is 16.2 Å². The molecule has 3 rings (SSSR count). The van der Waals surface area contributed by atoms with Gasteiger partial charge in [0.1, 0.15) is 0 Å². The number of nitrogens with zero attached hydrogens (tertiary/aromatic N) is 3. The molecule has 0 aliphatic carbocycles. The van der Waals surface area contributed by atoms with E-state index < -0.39 is 6.10 Å². The van der Waals surface area contributed by atoms with E-state index in [4.69, 9.17) is 30.3 Å². The van der Waals surface area contributed by atoms with E-state index in [0.29, 0.717) is 28.8 Å². The summed E-state index contributed by atoms with van der Waals surface area (Å²) >= 11 is 5.95. The second-order valence-corrected chi connectivity index (χ2v) is 7.17. The van der Waals surface area contributed by atoms with Crippen molar-refractivity contribution in [2.75, 3.05) is 28.4 Å². The Morgan fingerprint density at radius 3 is 2.23 bits per heavy atom. The lowest BCUT2D eigenvalue weighted by Gasteiger charge is -2.20. The molecule has 1 aromatic heterocycles. The molecule has 2 unspecified atom stereocenters. The minimum absolute atomic E-state index is 0.237. The van der Waals surface area contributed by atoms with Crippen molar-refractivity contribution in [3.63, 3.8) is 0 Å². The second kappa shape index (κ2) is 10.5. The van der Waals surface area contributed by atoms with Gasteiger partial charge >= 0.3 is 0 Å². The normalized spacial score (nSPS) is 13.1. The maximum absolute atomic E-state index is 12.3. The van der Waals surface area contributed by atoms with Crippen molar-refractivity contribution < 1.29 is 23.5 Å². The number of rotatable bonds is 9. The standard InChI is InChI=1S/C22H24ClN3O5/c1-26(30-4)22(27)20(29-3)15-5-7-16(8-6-15)21-25-24-19(31-21)13-18(28-2)14-9-11-17(23)12-10-14/h5-12,18,20H,13H2,1-4H3. The maximum atomic E-state index is 12.3. The van der Waals surface area contributed by atoms with Crippen molar-refractivity contribution in [2.24, 2.45) is 0 Å². The predicted octanol–water partition coefficient (Wildman–Crippen LogP) is 4.03. The number of aromatic nitrogens is 2. The van der Waals surface area contributed by atoms with Crippen molar-refractivity contribution in [3.8, 4) is 11.5 Å². The Labute approximate surface area is 185 Å². The first-order valence-corrected chi connectivity index (χ1v) is 9.90. The van der Waals surface area contributed by atoms with Gasteiger partial charge in [-0.2, -0.15) is 0 Å². The molecule has 0 saturated heterocycles. The van der Waals surface area contributed by atoms with Gasteiger partial charge in [0.15, 0.2) is 6.10 Å². The molecule has 0 bridgehead atoms. The number of hydrogen-bond acceptors (Lipinski definition) is 7. The highest BCUT2D eigenvalue weighted by molar-refractivity contribution is 6.30. The van der Waals surface area contributed by atoms with Gasteiger partial charge in [-0.1, -0.05) is 35.9 Å². The van der Waals surface area contributed by atoms with E-state index in [-0.39, 0.29) is 12.0 Å². The predicted molar refractivity (Wildman–Crippen MR) is 114 cm³/mol. The van der Waals surface area contributed by atoms with Gasteiger partial charge in [-0.05, 0) is 35.4 Å². The fourth-order valence-electron chi connectivity index (χ4n) is 3.06. The van der Waals surface area contributed by atoms with E-state index in [1.54, 1.807) is 31.4 Å². The molecule has 0 aliphatic heterocycles. The molecule has 9 heteroatoms. The summed E-state index contributed by atoms with van der Waals surface area (Å²) in [5.41, 5.74) is 2.37. The Morgan fingerprint density at radius 1 is 1.00 bits per heavy atom. The number of carbonyl (C=O) groups excluding carboxylic acids is 1. The summed E-state index contributed by atoms with van der Waals surface area (Å²) in [6, 6.07) is 14.6. The van der Waals surface area contributed by atoms with Crippen LogP contribution < -0.4 is 0 Å². The van der Waals surface area contributed by atoms with Crippen molar-refractivity contribution in [1.82, 2.24) is 15.3 Å². The highest BCUT2D eigenvalue weighted by Gasteiger charge is 2.24. The molecule has 8 nitrogen and oxygen atoms in total. The lowest BCUT2D eigenvalue weighted by molar-refractivity contribution is -0.179. The van der Waals surface area contributed by atoms with Crippen LogP contribution in [-0.2, 0) is 25.5 Å². The molecule has 3 aromatic rings. The Balaban J connectivity index is 1.73. The summed E-state index contributed by atoms with van der Waals surface area (Å²) in [7, 11) is 6.04. The van der Waals surface area contributed by atoms with Gasteiger partial charge in [0, 0.05) is 31.9 Å². The minimum Gasteiger partial charge on any atom is -0.421 e. The fraction of sp³-hybridized carbons (Fsp3) is 0.318. The lowest BCUT2D eigenvalue weighted by Crippen LogP contribution is -2.31. The van der Waals surface area contributed by atoms with E-state index >= 15 is 0 Å². The first-order valence-electron chi connectivity index (χ1n) is 9.52. The molecular weight excluding hydrogens is 422 g/mol. The van der Waals surface area contributed by atoms with Gasteiger partial charge in [0.05, 0.1) is 19.6 Å². The lowest BCUT2D eigenvalue weighted by atomic mass is 10.1. The quantitative estimate of drug-likeness (QED) is 0.459. The van der Waals surface area contributed by atoms with E-state index in [1.165, 1.54) is 21.3 Å². The number of hydrogen-bond donors (Lipinski definition) is 0. The van der Waals surface area contributed by atoms with Crippen LogP contribution in [0.2, 0.25) is 5.02 Å². The SMILES string of the molecule is COC(Cc1nnc(-c2ccc(C(OC)C(=O)N(C)OC)cc2)o1)c1ccc(Cl)cc1. The first kappa shape index (κ1) is 22.9. The number of carbonyl (C=O) groups is 1. The van der Waals surface area contributed by atoms with Crippen LogP contribution in [0.5, 0.6) is 0 Å². The Kier molecular flexibility index (Phi) is 7.75. The number of likely N-dealkylation sites (N-methyl/N-ethyl adjacent to an activating group) is 1. The minimum atomic E-state index is -0.779. The summed E-state index contributed by atoms with van der Waals surface area (Å²) in [6.07, 6.45) is -0.592. The number of hydroxylamine groups is 2. The number of halogens is 1. The van der Waals surface area contributed by atoms with Crippen LogP contribution in [0.1, 0.15) is 29.2 Å². The Bertz CT molecular complexity index is 991. The molecule has 0 saturated carbocycles. The molecule has 0 radical (unpaired) electrons. The van der Waals surface area contributed by atoms with Crippen molar-refractivity contribution in [1.29, 1.82) is 0 Å². The van der Waals surface area contributed by atoms with Gasteiger partial charge < -0.3 is 13.9 Å². The topological polar surface area (TPSA) is 86.9 Å². The van der Waals surface area contributed by atoms with Gasteiger partial charge in [-0.3, -0.25) is 9.63 Å². The fourth-order valence-corrected chi connectivity index (χ4v) is 3.19. The average Bonchev–Trinajstić information content (AvgIpc) is 3.27. The van der Waals surface area contributed by atoms with Gasteiger partial charge in [0.25, 0.3) is 5.91 Å². The van der Waals surface area contributed by atoms with Gasteiger partial charge in [-0.25, -0.2) is 5.06 Å². The Morgan fingerprint density at radius 2 is 1.65 bits per heavy atom. The molecular formula is C22H24ClN3O5. The van der Waals surface area contributed by atoms with Crippen molar-refractivity contribution in [3.05, 3.63) is 70.6 Å². The zero-order chi connectivity index (χ0) is 22.4. The molecule has 1 amide bonds. The third-order valence-electron chi connectivity index (χ3n) is 4.86.